The summed E-state index contributed by atoms with van der Waals surface area (Å²) in [4.78, 5) is 0.187. The third-order valence-electron chi connectivity index (χ3n) is 5.67. The molecule has 35 heavy (non-hydrogen) atoms. The zero-order chi connectivity index (χ0) is 24.9. The zero-order valence-electron chi connectivity index (χ0n) is 20.8. The van der Waals surface area contributed by atoms with Crippen molar-refractivity contribution in [3.63, 3.8) is 0 Å². The average molecular weight is 609 g/mol. The molecule has 0 saturated heterocycles. The van der Waals surface area contributed by atoms with Crippen LogP contribution < -0.4 is 25.0 Å². The number of rotatable bonds is 15. The molecule has 189 valence electrons. The average Bonchev–Trinajstić information content (AvgIpc) is 2.87. The Kier molecular flexibility index (Phi) is 11.6. The maximum atomic E-state index is 13.1. The molecular formula is C29H37IO4S+. The quantitative estimate of drug-likeness (QED) is 0.189. The lowest BCUT2D eigenvalue weighted by Crippen LogP contribution is -3.85. The Morgan fingerprint density at radius 3 is 1.89 bits per heavy atom. The second-order valence-corrected chi connectivity index (χ2v) is 15.1. The van der Waals surface area contributed by atoms with Gasteiger partial charge in [0, 0.05) is 0 Å². The molecule has 0 aliphatic carbocycles. The molecule has 1 radical (unpaired) electrons. The first-order chi connectivity index (χ1) is 17.0. The van der Waals surface area contributed by atoms with E-state index in [1.807, 2.05) is 61.5 Å². The van der Waals surface area contributed by atoms with Gasteiger partial charge in [0.25, 0.3) is 0 Å². The Morgan fingerprint density at radius 1 is 0.686 bits per heavy atom. The van der Waals surface area contributed by atoms with E-state index < -0.39 is 30.4 Å². The van der Waals surface area contributed by atoms with E-state index in [0.717, 1.165) is 24.9 Å². The smallest absolute Gasteiger partial charge is 0.336 e. The van der Waals surface area contributed by atoms with Gasteiger partial charge in [-0.3, -0.25) is 0 Å². The monoisotopic (exact) mass is 608 g/mol. The van der Waals surface area contributed by atoms with Crippen LogP contribution in [0.1, 0.15) is 63.9 Å². The molecule has 0 saturated carbocycles. The van der Waals surface area contributed by atoms with Crippen molar-refractivity contribution in [1.29, 1.82) is 0 Å². The molecule has 6 heteroatoms. The van der Waals surface area contributed by atoms with Gasteiger partial charge in [0.05, 0.1) is 11.5 Å². The third kappa shape index (κ3) is 9.24. The largest absolute Gasteiger partial charge is 0.494 e. The van der Waals surface area contributed by atoms with Gasteiger partial charge in [-0.05, 0) is 64.4 Å². The first kappa shape index (κ1) is 27.7. The van der Waals surface area contributed by atoms with Crippen LogP contribution in [0.4, 0.5) is 0 Å². The van der Waals surface area contributed by atoms with E-state index in [4.69, 9.17) is 7.25 Å². The molecule has 0 fully saturated rings. The summed E-state index contributed by atoms with van der Waals surface area (Å²) >= 11 is -2.70. The van der Waals surface area contributed by atoms with Gasteiger partial charge in [0.15, 0.2) is 7.14 Å². The summed E-state index contributed by atoms with van der Waals surface area (Å²) in [6, 6.07) is 24.2. The number of unbranched alkanes of at least 4 members (excludes halogenated alkanes) is 7. The molecule has 3 aromatic rings. The van der Waals surface area contributed by atoms with Gasteiger partial charge in [-0.25, -0.2) is 0 Å². The minimum Gasteiger partial charge on any atom is -0.494 e. The van der Waals surface area contributed by atoms with E-state index in [-0.39, 0.29) is 4.90 Å². The van der Waals surface area contributed by atoms with Crippen LogP contribution in [0.15, 0.2) is 83.8 Å². The van der Waals surface area contributed by atoms with Gasteiger partial charge in [0.2, 0.25) is 0 Å². The molecule has 0 aliphatic rings. The molecule has 0 amide bonds. The molecule has 0 N–H and O–H groups in total. The van der Waals surface area contributed by atoms with Crippen molar-refractivity contribution in [2.45, 2.75) is 70.1 Å². The highest BCUT2D eigenvalue weighted by Gasteiger charge is 2.37. The van der Waals surface area contributed by atoms with Crippen LogP contribution in [0.3, 0.4) is 0 Å². The number of hydrogen-bond donors (Lipinski definition) is 0. The van der Waals surface area contributed by atoms with Crippen molar-refractivity contribution in [2.75, 3.05) is 6.61 Å². The van der Waals surface area contributed by atoms with E-state index >= 15 is 0 Å². The van der Waals surface area contributed by atoms with Gasteiger partial charge >= 0.3 is 30.4 Å². The number of aryl methyl sites for hydroxylation is 1. The number of benzene rings is 3. The van der Waals surface area contributed by atoms with E-state index in [9.17, 15) is 8.42 Å². The molecule has 0 aromatic heterocycles. The van der Waals surface area contributed by atoms with E-state index in [1.54, 1.807) is 24.3 Å². The number of hydrogen-bond acceptors (Lipinski definition) is 4. The number of halogens is 1. The lowest BCUT2D eigenvalue weighted by Gasteiger charge is -2.08. The SMILES string of the molecule is CCCCCCCCCCOc1ccc([I+](OS(=O)(=O)c2ccc(C)cc2)c2ccccc2)cc1. The summed E-state index contributed by atoms with van der Waals surface area (Å²) < 4.78 is 39.8. The topological polar surface area (TPSA) is 52.6 Å². The Hall–Kier alpha value is -1.90. The maximum absolute atomic E-state index is 13.1. The molecule has 3 aromatic carbocycles. The second-order valence-electron chi connectivity index (χ2n) is 8.65. The first-order valence-electron chi connectivity index (χ1n) is 12.5. The third-order valence-corrected chi connectivity index (χ3v) is 13.0. The molecule has 0 spiro atoms. The molecular weight excluding hydrogens is 571 g/mol. The van der Waals surface area contributed by atoms with Crippen LogP contribution in [0.5, 0.6) is 5.75 Å². The van der Waals surface area contributed by atoms with Crippen molar-refractivity contribution in [3.05, 3.63) is 91.6 Å². The summed E-state index contributed by atoms with van der Waals surface area (Å²) in [5, 5.41) is 0. The zero-order valence-corrected chi connectivity index (χ0v) is 23.8. The lowest BCUT2D eigenvalue weighted by molar-refractivity contribution is -1.03. The number of ether oxygens (including phenoxy) is 1. The van der Waals surface area contributed by atoms with Crippen LogP contribution in [-0.2, 0) is 12.6 Å². The van der Waals surface area contributed by atoms with Crippen molar-refractivity contribution in [1.82, 2.24) is 0 Å². The predicted octanol–water partition coefficient (Wildman–Crippen LogP) is 4.50. The van der Waals surface area contributed by atoms with Crippen LogP contribution in [0.2, 0.25) is 0 Å². The van der Waals surface area contributed by atoms with Gasteiger partial charge in [-0.2, -0.15) is 8.42 Å². The molecule has 4 nitrogen and oxygen atoms in total. The normalized spacial score (nSPS) is 11.6. The van der Waals surface area contributed by atoms with E-state index in [0.29, 0.717) is 6.61 Å². The van der Waals surface area contributed by atoms with Gasteiger partial charge in [-0.15, -0.1) is 0 Å². The Morgan fingerprint density at radius 2 is 1.26 bits per heavy atom. The summed E-state index contributed by atoms with van der Waals surface area (Å²) in [5.74, 6) is 0.807. The fourth-order valence-corrected chi connectivity index (χ4v) is 10.6. The van der Waals surface area contributed by atoms with E-state index in [1.165, 1.54) is 44.9 Å². The molecule has 0 heterocycles. The van der Waals surface area contributed by atoms with Crippen LogP contribution >= 0.6 is 0 Å². The predicted molar refractivity (Wildman–Crippen MR) is 138 cm³/mol. The van der Waals surface area contributed by atoms with Crippen LogP contribution in [0.25, 0.3) is 0 Å². The Labute approximate surface area is 219 Å². The molecule has 0 bridgehead atoms. The molecule has 3 rings (SSSR count). The molecule has 0 unspecified atom stereocenters. The summed E-state index contributed by atoms with van der Waals surface area (Å²) in [7, 11) is -3.88. The maximum Gasteiger partial charge on any atom is 0.336 e. The molecule has 0 aliphatic heterocycles. The van der Waals surface area contributed by atoms with Crippen molar-refractivity contribution in [2.24, 2.45) is 0 Å². The minimum absolute atomic E-state index is 0.187. The minimum atomic E-state index is -3.88. The van der Waals surface area contributed by atoms with Crippen LogP contribution in [0, 0.1) is 14.1 Å². The standard InChI is InChI=1S/C29H37IO4S/c1-3-4-5-6-7-8-9-13-24-33-28-20-18-27(19-21-28)30(26-14-11-10-12-15-26)34-35(31,32)29-22-16-25(2)17-23-29/h10-12,14-23H,3-9,13,24H2,1-2H3/q+1. The van der Waals surface area contributed by atoms with Crippen molar-refractivity contribution >= 4 is 10.1 Å². The van der Waals surface area contributed by atoms with Crippen molar-refractivity contribution < 1.29 is 35.9 Å². The van der Waals surface area contributed by atoms with Crippen LogP contribution in [-0.4, -0.2) is 15.0 Å². The fraction of sp³-hybridized carbons (Fsp3) is 0.379. The van der Waals surface area contributed by atoms with Gasteiger partial charge in [0.1, 0.15) is 5.75 Å². The lowest BCUT2D eigenvalue weighted by atomic mass is 10.1. The first-order valence-corrected chi connectivity index (χ1v) is 16.9. The van der Waals surface area contributed by atoms with Crippen molar-refractivity contribution in [3.8, 4) is 5.75 Å². The summed E-state index contributed by atoms with van der Waals surface area (Å²) in [5.41, 5.74) is 1.00. The highest BCUT2D eigenvalue weighted by Crippen LogP contribution is 2.13. The van der Waals surface area contributed by atoms with Gasteiger partial charge < -0.3 is 4.74 Å². The summed E-state index contributed by atoms with van der Waals surface area (Å²) in [6.07, 6.45) is 10.1. The fourth-order valence-electron chi connectivity index (χ4n) is 3.62. The van der Waals surface area contributed by atoms with Gasteiger partial charge in [-0.1, -0.05) is 87.8 Å². The Bertz CT molecular complexity index is 1100. The highest BCUT2D eigenvalue weighted by molar-refractivity contribution is 7.86. The van der Waals surface area contributed by atoms with E-state index in [2.05, 4.69) is 6.92 Å². The Balaban J connectivity index is 1.60. The highest BCUT2D eigenvalue weighted by atomic mass is 127. The second kappa shape index (κ2) is 14.6. The summed E-state index contributed by atoms with van der Waals surface area (Å²) in [6.45, 7) is 4.88. The molecule has 0 atom stereocenters.